The van der Waals surface area contributed by atoms with Gasteiger partial charge < -0.3 is 4.90 Å². The van der Waals surface area contributed by atoms with Gasteiger partial charge in [0.15, 0.2) is 0 Å². The van der Waals surface area contributed by atoms with Crippen molar-refractivity contribution < 1.29 is 4.79 Å². The number of rotatable bonds is 4. The molecular weight excluding hydrogens is 453 g/mol. The van der Waals surface area contributed by atoms with Gasteiger partial charge in [-0.2, -0.15) is 0 Å². The van der Waals surface area contributed by atoms with Gasteiger partial charge in [0.25, 0.3) is 5.91 Å². The molecule has 0 saturated carbocycles. The first kappa shape index (κ1) is 21.7. The predicted molar refractivity (Wildman–Crippen MR) is 137 cm³/mol. The molecule has 0 N–H and O–H groups in total. The first-order valence-electron chi connectivity index (χ1n) is 11.0. The van der Waals surface area contributed by atoms with Crippen LogP contribution in [0.4, 0.5) is 11.4 Å². The van der Waals surface area contributed by atoms with E-state index in [0.717, 1.165) is 46.2 Å². The van der Waals surface area contributed by atoms with Crippen molar-refractivity contribution in [3.63, 3.8) is 0 Å². The minimum Gasteiger partial charge on any atom is -0.370 e. The Morgan fingerprint density at radius 2 is 1.79 bits per heavy atom. The molecule has 1 fully saturated rings. The number of nitrogens with zero attached hydrogens (tertiary/aromatic N) is 3. The van der Waals surface area contributed by atoms with Crippen LogP contribution in [0.2, 0.25) is 5.02 Å². The number of halogens is 2. The van der Waals surface area contributed by atoms with Crippen LogP contribution in [0.5, 0.6) is 0 Å². The minimum atomic E-state index is -0.306. The second kappa shape index (κ2) is 9.05. The standard InChI is InChI=1S/C27H23Cl2N3O/c1-18-15-26(31-14-13-21(17-31)19-5-3-2-4-6-19)24-16-23(11-12-25(24)30-18)32(29)27(33)20-7-9-22(28)10-8-20/h2-12,15-16,21H,13-14,17H2,1H3. The summed E-state index contributed by atoms with van der Waals surface area (Å²) in [5.41, 5.74) is 5.43. The molecule has 33 heavy (non-hydrogen) atoms. The molecule has 0 bridgehead atoms. The highest BCUT2D eigenvalue weighted by atomic mass is 35.5. The Morgan fingerprint density at radius 3 is 2.55 bits per heavy atom. The monoisotopic (exact) mass is 475 g/mol. The number of aromatic nitrogens is 1. The Kier molecular flexibility index (Phi) is 5.96. The van der Waals surface area contributed by atoms with Gasteiger partial charge in [-0.1, -0.05) is 41.9 Å². The molecule has 2 heterocycles. The summed E-state index contributed by atoms with van der Waals surface area (Å²) in [4.78, 5) is 20.0. The van der Waals surface area contributed by atoms with Crippen molar-refractivity contribution >= 4 is 51.6 Å². The molecule has 6 heteroatoms. The number of amides is 1. The number of hydrogen-bond donors (Lipinski definition) is 0. The van der Waals surface area contributed by atoms with Gasteiger partial charge in [-0.15, -0.1) is 0 Å². The summed E-state index contributed by atoms with van der Waals surface area (Å²) in [6.07, 6.45) is 1.10. The highest BCUT2D eigenvalue weighted by Crippen LogP contribution is 2.36. The Hall–Kier alpha value is -3.08. The number of pyridine rings is 1. The van der Waals surface area contributed by atoms with E-state index in [1.807, 2.05) is 25.1 Å². The van der Waals surface area contributed by atoms with Gasteiger partial charge in [-0.05, 0) is 67.4 Å². The molecule has 0 radical (unpaired) electrons. The van der Waals surface area contributed by atoms with Crippen molar-refractivity contribution in [2.24, 2.45) is 0 Å². The fourth-order valence-electron chi connectivity index (χ4n) is 4.51. The molecule has 1 amide bonds. The Labute approximate surface area is 203 Å². The Bertz CT molecular complexity index is 1310. The van der Waals surface area contributed by atoms with E-state index >= 15 is 0 Å². The van der Waals surface area contributed by atoms with E-state index in [1.54, 1.807) is 24.3 Å². The summed E-state index contributed by atoms with van der Waals surface area (Å²) >= 11 is 12.4. The Morgan fingerprint density at radius 1 is 1.03 bits per heavy atom. The van der Waals surface area contributed by atoms with E-state index in [4.69, 9.17) is 28.4 Å². The van der Waals surface area contributed by atoms with E-state index in [1.165, 1.54) is 5.56 Å². The summed E-state index contributed by atoms with van der Waals surface area (Å²) in [6.45, 7) is 3.93. The van der Waals surface area contributed by atoms with E-state index in [2.05, 4.69) is 41.3 Å². The van der Waals surface area contributed by atoms with Crippen LogP contribution >= 0.6 is 23.4 Å². The third-order valence-corrected chi connectivity index (χ3v) is 6.80. The van der Waals surface area contributed by atoms with E-state index in [-0.39, 0.29) is 5.91 Å². The lowest BCUT2D eigenvalue weighted by atomic mass is 9.99. The molecule has 1 saturated heterocycles. The lowest BCUT2D eigenvalue weighted by Gasteiger charge is -2.22. The lowest BCUT2D eigenvalue weighted by Crippen LogP contribution is -2.21. The number of fused-ring (bicyclic) bond motifs is 1. The number of carbonyl (C=O) groups excluding carboxylic acids is 1. The lowest BCUT2D eigenvalue weighted by molar-refractivity contribution is 0.101. The largest absolute Gasteiger partial charge is 0.370 e. The quantitative estimate of drug-likeness (QED) is 0.298. The smallest absolute Gasteiger partial charge is 0.272 e. The maximum Gasteiger partial charge on any atom is 0.272 e. The molecular formula is C27H23Cl2N3O. The molecule has 4 aromatic rings. The van der Waals surface area contributed by atoms with Gasteiger partial charge in [0, 0.05) is 58.1 Å². The average Bonchev–Trinajstić information content (AvgIpc) is 3.33. The maximum atomic E-state index is 12.9. The fraction of sp³-hybridized carbons (Fsp3) is 0.185. The summed E-state index contributed by atoms with van der Waals surface area (Å²) in [7, 11) is 0. The predicted octanol–water partition coefficient (Wildman–Crippen LogP) is 6.99. The molecule has 166 valence electrons. The fourth-order valence-corrected chi connectivity index (χ4v) is 4.84. The van der Waals surface area contributed by atoms with E-state index in [0.29, 0.717) is 22.2 Å². The van der Waals surface area contributed by atoms with Crippen LogP contribution in [-0.2, 0) is 0 Å². The number of anilines is 2. The van der Waals surface area contributed by atoms with Gasteiger partial charge in [-0.3, -0.25) is 9.78 Å². The molecule has 1 aliphatic rings. The number of benzene rings is 3. The molecule has 0 spiro atoms. The van der Waals surface area contributed by atoms with Crippen molar-refractivity contribution in [1.29, 1.82) is 0 Å². The molecule has 3 aromatic carbocycles. The summed E-state index contributed by atoms with van der Waals surface area (Å²) in [5.74, 6) is 0.188. The summed E-state index contributed by atoms with van der Waals surface area (Å²) in [6, 6.07) is 25.2. The number of aryl methyl sites for hydroxylation is 1. The highest BCUT2D eigenvalue weighted by Gasteiger charge is 2.26. The van der Waals surface area contributed by atoms with Crippen molar-refractivity contribution in [1.82, 2.24) is 4.98 Å². The highest BCUT2D eigenvalue weighted by molar-refractivity contribution is 6.39. The van der Waals surface area contributed by atoms with Gasteiger partial charge in [0.2, 0.25) is 0 Å². The summed E-state index contributed by atoms with van der Waals surface area (Å²) in [5, 5.41) is 1.56. The van der Waals surface area contributed by atoms with Crippen LogP contribution in [0.25, 0.3) is 10.9 Å². The zero-order chi connectivity index (χ0) is 22.9. The normalized spacial score (nSPS) is 15.7. The van der Waals surface area contributed by atoms with E-state index < -0.39 is 0 Å². The molecule has 1 atom stereocenters. The SMILES string of the molecule is Cc1cc(N2CCC(c3ccccc3)C2)c2cc(N(Cl)C(=O)c3ccc(Cl)cc3)ccc2n1. The second-order valence-corrected chi connectivity index (χ2v) is 9.19. The van der Waals surface area contributed by atoms with Crippen LogP contribution in [0.15, 0.2) is 78.9 Å². The molecule has 1 unspecified atom stereocenters. The van der Waals surface area contributed by atoms with Gasteiger partial charge in [0.1, 0.15) is 0 Å². The zero-order valence-corrected chi connectivity index (χ0v) is 19.7. The van der Waals surface area contributed by atoms with Crippen LogP contribution in [0.3, 0.4) is 0 Å². The van der Waals surface area contributed by atoms with Crippen molar-refractivity contribution in [2.75, 3.05) is 22.4 Å². The topological polar surface area (TPSA) is 36.4 Å². The van der Waals surface area contributed by atoms with Gasteiger partial charge >= 0.3 is 0 Å². The van der Waals surface area contributed by atoms with Crippen molar-refractivity contribution in [3.8, 4) is 0 Å². The molecule has 5 rings (SSSR count). The molecule has 1 aromatic heterocycles. The third-order valence-electron chi connectivity index (χ3n) is 6.19. The number of hydrogen-bond acceptors (Lipinski definition) is 3. The summed E-state index contributed by atoms with van der Waals surface area (Å²) < 4.78 is 1.16. The van der Waals surface area contributed by atoms with Crippen molar-refractivity contribution in [3.05, 3.63) is 101 Å². The van der Waals surface area contributed by atoms with Crippen LogP contribution in [-0.4, -0.2) is 24.0 Å². The zero-order valence-electron chi connectivity index (χ0n) is 18.2. The van der Waals surface area contributed by atoms with Crippen LogP contribution in [0.1, 0.15) is 34.0 Å². The van der Waals surface area contributed by atoms with Crippen LogP contribution in [0, 0.1) is 6.92 Å². The molecule has 4 nitrogen and oxygen atoms in total. The minimum absolute atomic E-state index is 0.306. The maximum absolute atomic E-state index is 12.9. The Balaban J connectivity index is 1.48. The second-order valence-electron chi connectivity index (χ2n) is 8.42. The average molecular weight is 476 g/mol. The third kappa shape index (κ3) is 4.41. The van der Waals surface area contributed by atoms with Gasteiger partial charge in [0.05, 0.1) is 11.2 Å². The first-order chi connectivity index (χ1) is 16.0. The van der Waals surface area contributed by atoms with E-state index in [9.17, 15) is 4.79 Å². The molecule has 0 aliphatic carbocycles. The van der Waals surface area contributed by atoms with Gasteiger partial charge in [-0.25, -0.2) is 4.42 Å². The number of carbonyl (C=O) groups is 1. The molecule has 1 aliphatic heterocycles. The van der Waals surface area contributed by atoms with Crippen molar-refractivity contribution in [2.45, 2.75) is 19.3 Å². The first-order valence-corrected chi connectivity index (χ1v) is 11.7. The van der Waals surface area contributed by atoms with Crippen LogP contribution < -0.4 is 9.32 Å².